The van der Waals surface area contributed by atoms with E-state index in [1.165, 1.54) is 12.8 Å². The number of carbonyl (C=O) groups is 1. The highest BCUT2D eigenvalue weighted by atomic mass is 16.5. The molecule has 1 fully saturated rings. The first-order valence-electron chi connectivity index (χ1n) is 7.61. The average Bonchev–Trinajstić information content (AvgIpc) is 2.42. The molecule has 1 rings (SSSR count). The van der Waals surface area contributed by atoms with E-state index in [9.17, 15) is 4.79 Å². The van der Waals surface area contributed by atoms with Gasteiger partial charge in [0.25, 0.3) is 0 Å². The molecular weight excluding hydrogens is 242 g/mol. The summed E-state index contributed by atoms with van der Waals surface area (Å²) in [6.07, 6.45) is 5.27. The van der Waals surface area contributed by atoms with Crippen molar-refractivity contribution in [2.24, 2.45) is 17.8 Å². The first-order valence-corrected chi connectivity index (χ1v) is 7.61. The first kappa shape index (κ1) is 16.4. The Morgan fingerprint density at radius 1 is 1.26 bits per heavy atom. The van der Waals surface area contributed by atoms with Gasteiger partial charge in [0.2, 0.25) is 5.91 Å². The lowest BCUT2D eigenvalue weighted by Gasteiger charge is -2.30. The molecule has 0 aliphatic heterocycles. The predicted molar refractivity (Wildman–Crippen MR) is 75.8 cm³/mol. The highest BCUT2D eigenvalue weighted by Crippen LogP contribution is 2.33. The Labute approximate surface area is 116 Å². The maximum absolute atomic E-state index is 12.0. The van der Waals surface area contributed by atoms with E-state index >= 15 is 0 Å². The summed E-state index contributed by atoms with van der Waals surface area (Å²) in [6, 6.07) is 0. The lowest BCUT2D eigenvalue weighted by Crippen LogP contribution is -2.34. The van der Waals surface area contributed by atoms with Crippen LogP contribution in [0.3, 0.4) is 0 Å². The standard InChI is InChI=1S/C15H29NO3/c1-12(2)13-4-6-14(7-5-13)15(18)16-8-3-10-19-11-9-17/h12-14,17H,3-11H2,1-2H3,(H,16,18). The van der Waals surface area contributed by atoms with E-state index in [4.69, 9.17) is 9.84 Å². The first-order chi connectivity index (χ1) is 9.15. The van der Waals surface area contributed by atoms with E-state index in [0.29, 0.717) is 19.8 Å². The van der Waals surface area contributed by atoms with Gasteiger partial charge in [-0.2, -0.15) is 0 Å². The SMILES string of the molecule is CC(C)C1CCC(C(=O)NCCCOCCO)CC1. The Balaban J connectivity index is 2.07. The second-order valence-electron chi connectivity index (χ2n) is 5.84. The molecule has 2 N–H and O–H groups in total. The second-order valence-corrected chi connectivity index (χ2v) is 5.84. The van der Waals surface area contributed by atoms with Gasteiger partial charge in [0.1, 0.15) is 0 Å². The van der Waals surface area contributed by atoms with Crippen LogP contribution in [-0.2, 0) is 9.53 Å². The van der Waals surface area contributed by atoms with E-state index in [1.807, 2.05) is 0 Å². The minimum atomic E-state index is 0.0610. The van der Waals surface area contributed by atoms with Crippen molar-refractivity contribution in [1.29, 1.82) is 0 Å². The van der Waals surface area contributed by atoms with Crippen LogP contribution in [0.15, 0.2) is 0 Å². The van der Waals surface area contributed by atoms with Gasteiger partial charge in [0.05, 0.1) is 13.2 Å². The van der Waals surface area contributed by atoms with E-state index in [1.54, 1.807) is 0 Å². The number of ether oxygens (including phenoxy) is 1. The number of amides is 1. The highest BCUT2D eigenvalue weighted by molar-refractivity contribution is 5.78. The summed E-state index contributed by atoms with van der Waals surface area (Å²) in [7, 11) is 0. The number of carbonyl (C=O) groups excluding carboxylic acids is 1. The van der Waals surface area contributed by atoms with Crippen molar-refractivity contribution in [3.8, 4) is 0 Å². The summed E-state index contributed by atoms with van der Waals surface area (Å²) in [4.78, 5) is 12.0. The van der Waals surface area contributed by atoms with Gasteiger partial charge in [-0.15, -0.1) is 0 Å². The lowest BCUT2D eigenvalue weighted by molar-refractivity contribution is -0.126. The second kappa shape index (κ2) is 9.32. The molecule has 19 heavy (non-hydrogen) atoms. The maximum Gasteiger partial charge on any atom is 0.223 e. The Kier molecular flexibility index (Phi) is 8.07. The molecule has 0 saturated heterocycles. The van der Waals surface area contributed by atoms with Crippen LogP contribution in [0, 0.1) is 17.8 Å². The Bertz CT molecular complexity index is 248. The molecule has 4 heteroatoms. The fraction of sp³-hybridized carbons (Fsp3) is 0.933. The zero-order valence-electron chi connectivity index (χ0n) is 12.4. The molecule has 0 radical (unpaired) electrons. The predicted octanol–water partition coefficient (Wildman–Crippen LogP) is 1.96. The van der Waals surface area contributed by atoms with Crippen LogP contribution in [0.5, 0.6) is 0 Å². The molecule has 1 aliphatic rings. The van der Waals surface area contributed by atoms with Gasteiger partial charge in [0, 0.05) is 19.1 Å². The summed E-state index contributed by atoms with van der Waals surface area (Å²) in [6.45, 7) is 6.27. The van der Waals surface area contributed by atoms with Gasteiger partial charge in [-0.3, -0.25) is 4.79 Å². The molecule has 0 aromatic heterocycles. The highest BCUT2D eigenvalue weighted by Gasteiger charge is 2.27. The van der Waals surface area contributed by atoms with Crippen LogP contribution >= 0.6 is 0 Å². The Morgan fingerprint density at radius 3 is 2.53 bits per heavy atom. The summed E-state index contributed by atoms with van der Waals surface area (Å²) < 4.78 is 5.15. The van der Waals surface area contributed by atoms with E-state index < -0.39 is 0 Å². The summed E-state index contributed by atoms with van der Waals surface area (Å²) in [5.74, 6) is 1.97. The number of aliphatic hydroxyl groups is 1. The molecule has 1 amide bonds. The molecule has 1 aliphatic carbocycles. The zero-order chi connectivity index (χ0) is 14.1. The number of aliphatic hydroxyl groups excluding tert-OH is 1. The van der Waals surface area contributed by atoms with Crippen LogP contribution in [0.25, 0.3) is 0 Å². The monoisotopic (exact) mass is 271 g/mol. The van der Waals surface area contributed by atoms with E-state index in [-0.39, 0.29) is 18.4 Å². The third kappa shape index (κ3) is 6.39. The molecular formula is C15H29NO3. The number of rotatable bonds is 8. The molecule has 0 heterocycles. The van der Waals surface area contributed by atoms with Gasteiger partial charge < -0.3 is 15.2 Å². The summed E-state index contributed by atoms with van der Waals surface area (Å²) in [5.41, 5.74) is 0. The van der Waals surface area contributed by atoms with Crippen molar-refractivity contribution in [3.63, 3.8) is 0 Å². The van der Waals surface area contributed by atoms with Gasteiger partial charge >= 0.3 is 0 Å². The quantitative estimate of drug-likeness (QED) is 0.664. The Hall–Kier alpha value is -0.610. The lowest BCUT2D eigenvalue weighted by atomic mass is 9.77. The van der Waals surface area contributed by atoms with Crippen molar-refractivity contribution >= 4 is 5.91 Å². The Morgan fingerprint density at radius 2 is 1.95 bits per heavy atom. The molecule has 0 spiro atoms. The summed E-state index contributed by atoms with van der Waals surface area (Å²) >= 11 is 0. The topological polar surface area (TPSA) is 58.6 Å². The van der Waals surface area contributed by atoms with Gasteiger partial charge in [-0.25, -0.2) is 0 Å². The van der Waals surface area contributed by atoms with E-state index in [0.717, 1.165) is 31.1 Å². The molecule has 0 unspecified atom stereocenters. The van der Waals surface area contributed by atoms with Crippen molar-refractivity contribution in [2.75, 3.05) is 26.4 Å². The molecule has 0 bridgehead atoms. The molecule has 1 saturated carbocycles. The molecule has 0 aromatic rings. The molecule has 0 aromatic carbocycles. The normalized spacial score (nSPS) is 23.6. The number of hydrogen-bond donors (Lipinski definition) is 2. The van der Waals surface area contributed by atoms with Crippen molar-refractivity contribution in [3.05, 3.63) is 0 Å². The minimum Gasteiger partial charge on any atom is -0.394 e. The molecule has 0 atom stereocenters. The van der Waals surface area contributed by atoms with Crippen LogP contribution in [-0.4, -0.2) is 37.4 Å². The zero-order valence-corrected chi connectivity index (χ0v) is 12.4. The third-order valence-electron chi connectivity index (χ3n) is 4.09. The van der Waals surface area contributed by atoms with Crippen molar-refractivity contribution in [1.82, 2.24) is 5.32 Å². The minimum absolute atomic E-state index is 0.0610. The molecule has 4 nitrogen and oxygen atoms in total. The van der Waals surface area contributed by atoms with Crippen LogP contribution in [0.1, 0.15) is 46.0 Å². The maximum atomic E-state index is 12.0. The van der Waals surface area contributed by atoms with Crippen molar-refractivity contribution < 1.29 is 14.6 Å². The fourth-order valence-corrected chi connectivity index (χ4v) is 2.74. The van der Waals surface area contributed by atoms with Crippen LogP contribution in [0.4, 0.5) is 0 Å². The summed E-state index contributed by atoms with van der Waals surface area (Å²) in [5, 5.41) is 11.5. The van der Waals surface area contributed by atoms with Crippen LogP contribution in [0.2, 0.25) is 0 Å². The van der Waals surface area contributed by atoms with Crippen LogP contribution < -0.4 is 5.32 Å². The van der Waals surface area contributed by atoms with Gasteiger partial charge in [-0.1, -0.05) is 13.8 Å². The average molecular weight is 271 g/mol. The molecule has 112 valence electrons. The fourth-order valence-electron chi connectivity index (χ4n) is 2.74. The number of nitrogens with one attached hydrogen (secondary N) is 1. The smallest absolute Gasteiger partial charge is 0.223 e. The largest absolute Gasteiger partial charge is 0.394 e. The third-order valence-corrected chi connectivity index (χ3v) is 4.09. The van der Waals surface area contributed by atoms with Gasteiger partial charge in [-0.05, 0) is 43.9 Å². The van der Waals surface area contributed by atoms with Crippen molar-refractivity contribution in [2.45, 2.75) is 46.0 Å². The van der Waals surface area contributed by atoms with Gasteiger partial charge in [0.15, 0.2) is 0 Å². The van der Waals surface area contributed by atoms with E-state index in [2.05, 4.69) is 19.2 Å². The number of hydrogen-bond acceptors (Lipinski definition) is 3.